The van der Waals surface area contributed by atoms with Crippen LogP contribution in [0, 0.1) is 0 Å². The van der Waals surface area contributed by atoms with Gasteiger partial charge in [0.2, 0.25) is 0 Å². The molecule has 3 rings (SSSR count). The van der Waals surface area contributed by atoms with E-state index in [1.165, 1.54) is 6.42 Å². The second-order valence-electron chi connectivity index (χ2n) is 6.21. The summed E-state index contributed by atoms with van der Waals surface area (Å²) in [5, 5.41) is 0. The summed E-state index contributed by atoms with van der Waals surface area (Å²) in [4.78, 5) is 25.5. The first-order chi connectivity index (χ1) is 11.7. The molecule has 0 saturated carbocycles. The zero-order valence-electron chi connectivity index (χ0n) is 14.4. The third kappa shape index (κ3) is 3.40. The van der Waals surface area contributed by atoms with Gasteiger partial charge in [-0.25, -0.2) is 9.97 Å². The molecular formula is C19H24N4O. The number of rotatable bonds is 4. The predicted molar refractivity (Wildman–Crippen MR) is 95.5 cm³/mol. The van der Waals surface area contributed by atoms with E-state index in [1.54, 1.807) is 12.4 Å². The van der Waals surface area contributed by atoms with Crippen LogP contribution in [-0.4, -0.2) is 40.4 Å². The summed E-state index contributed by atoms with van der Waals surface area (Å²) >= 11 is 0. The number of para-hydroxylation sites is 1. The second-order valence-corrected chi connectivity index (χ2v) is 6.21. The minimum absolute atomic E-state index is 0.00274. The van der Waals surface area contributed by atoms with Gasteiger partial charge in [-0.1, -0.05) is 25.1 Å². The maximum Gasteiger partial charge on any atom is 0.274 e. The van der Waals surface area contributed by atoms with Crippen LogP contribution in [0.15, 0.2) is 42.7 Å². The second kappa shape index (κ2) is 7.43. The zero-order chi connectivity index (χ0) is 16.9. The van der Waals surface area contributed by atoms with Gasteiger partial charge in [0.05, 0.1) is 12.4 Å². The summed E-state index contributed by atoms with van der Waals surface area (Å²) < 4.78 is 0. The number of carbonyl (C=O) groups excluding carboxylic acids is 1. The number of carbonyl (C=O) groups is 1. The van der Waals surface area contributed by atoms with Crippen molar-refractivity contribution in [3.63, 3.8) is 0 Å². The standard InChI is InChI=1S/C19H24N4O/c1-3-15-9-7-8-12-23(15)19(24)17-13-21-18(14-20-17)22(2)16-10-5-4-6-11-16/h4-6,10-11,13-15H,3,7-9,12H2,1-2H3. The van der Waals surface area contributed by atoms with Gasteiger partial charge >= 0.3 is 0 Å². The van der Waals surface area contributed by atoms with Gasteiger partial charge in [-0.15, -0.1) is 0 Å². The van der Waals surface area contributed by atoms with Crippen molar-refractivity contribution in [1.29, 1.82) is 0 Å². The molecule has 24 heavy (non-hydrogen) atoms. The van der Waals surface area contributed by atoms with Gasteiger partial charge in [0.15, 0.2) is 5.82 Å². The van der Waals surface area contributed by atoms with E-state index < -0.39 is 0 Å². The number of hydrogen-bond donors (Lipinski definition) is 0. The molecule has 2 heterocycles. The van der Waals surface area contributed by atoms with Crippen LogP contribution in [0.25, 0.3) is 0 Å². The normalized spacial score (nSPS) is 17.6. The molecule has 5 heteroatoms. The van der Waals surface area contributed by atoms with Crippen LogP contribution in [-0.2, 0) is 0 Å². The van der Waals surface area contributed by atoms with Crippen molar-refractivity contribution < 1.29 is 4.79 Å². The van der Waals surface area contributed by atoms with E-state index in [4.69, 9.17) is 0 Å². The SMILES string of the molecule is CCC1CCCCN1C(=O)c1cnc(N(C)c2ccccc2)cn1. The average Bonchev–Trinajstić information content (AvgIpc) is 2.67. The van der Waals surface area contributed by atoms with Crippen LogP contribution < -0.4 is 4.90 Å². The van der Waals surface area contributed by atoms with E-state index in [0.29, 0.717) is 11.7 Å². The molecule has 1 unspecified atom stereocenters. The molecule has 2 aromatic rings. The molecule has 0 spiro atoms. The van der Waals surface area contributed by atoms with Gasteiger partial charge in [0, 0.05) is 25.3 Å². The molecule has 0 radical (unpaired) electrons. The Morgan fingerprint density at radius 2 is 2.00 bits per heavy atom. The monoisotopic (exact) mass is 324 g/mol. The number of nitrogens with zero attached hydrogens (tertiary/aromatic N) is 4. The Morgan fingerprint density at radius 1 is 1.21 bits per heavy atom. The number of aromatic nitrogens is 2. The Bertz CT molecular complexity index is 672. The van der Waals surface area contributed by atoms with Gasteiger partial charge in [0.25, 0.3) is 5.91 Å². The van der Waals surface area contributed by atoms with E-state index in [1.807, 2.05) is 47.2 Å². The average molecular weight is 324 g/mol. The molecule has 0 aliphatic carbocycles. The summed E-state index contributed by atoms with van der Waals surface area (Å²) in [7, 11) is 1.94. The number of amides is 1. The number of benzene rings is 1. The third-order valence-electron chi connectivity index (χ3n) is 4.70. The van der Waals surface area contributed by atoms with E-state index >= 15 is 0 Å². The van der Waals surface area contributed by atoms with Crippen molar-refractivity contribution in [3.05, 3.63) is 48.4 Å². The van der Waals surface area contributed by atoms with E-state index in [0.717, 1.165) is 37.3 Å². The van der Waals surface area contributed by atoms with Gasteiger partial charge in [-0.05, 0) is 37.8 Å². The summed E-state index contributed by atoms with van der Waals surface area (Å²) in [5.74, 6) is 0.728. The van der Waals surface area contributed by atoms with Crippen molar-refractivity contribution in [2.45, 2.75) is 38.6 Å². The maximum atomic E-state index is 12.7. The Balaban J connectivity index is 1.75. The lowest BCUT2D eigenvalue weighted by molar-refractivity contribution is 0.0601. The molecule has 0 bridgehead atoms. The number of piperidine rings is 1. The van der Waals surface area contributed by atoms with Crippen molar-refractivity contribution in [3.8, 4) is 0 Å². The molecular weight excluding hydrogens is 300 g/mol. The van der Waals surface area contributed by atoms with Crippen LogP contribution in [0.3, 0.4) is 0 Å². The Kier molecular flexibility index (Phi) is 5.08. The van der Waals surface area contributed by atoms with Crippen molar-refractivity contribution in [1.82, 2.24) is 14.9 Å². The number of hydrogen-bond acceptors (Lipinski definition) is 4. The van der Waals surface area contributed by atoms with E-state index in [2.05, 4.69) is 16.9 Å². The lowest BCUT2D eigenvalue weighted by atomic mass is 10.00. The highest BCUT2D eigenvalue weighted by Gasteiger charge is 2.27. The predicted octanol–water partition coefficient (Wildman–Crippen LogP) is 3.65. The largest absolute Gasteiger partial charge is 0.334 e. The highest BCUT2D eigenvalue weighted by molar-refractivity contribution is 5.92. The third-order valence-corrected chi connectivity index (χ3v) is 4.70. The van der Waals surface area contributed by atoms with Gasteiger partial charge < -0.3 is 9.80 Å². The smallest absolute Gasteiger partial charge is 0.274 e. The molecule has 1 aromatic carbocycles. The van der Waals surface area contributed by atoms with Crippen LogP contribution >= 0.6 is 0 Å². The Labute approximate surface area is 143 Å². The molecule has 1 fully saturated rings. The molecule has 1 atom stereocenters. The van der Waals surface area contributed by atoms with Crippen LogP contribution in [0.2, 0.25) is 0 Å². The minimum Gasteiger partial charge on any atom is -0.334 e. The first-order valence-electron chi connectivity index (χ1n) is 8.62. The van der Waals surface area contributed by atoms with E-state index in [-0.39, 0.29) is 5.91 Å². The van der Waals surface area contributed by atoms with Crippen LogP contribution in [0.5, 0.6) is 0 Å². The van der Waals surface area contributed by atoms with Crippen molar-refractivity contribution in [2.24, 2.45) is 0 Å². The highest BCUT2D eigenvalue weighted by atomic mass is 16.2. The quantitative estimate of drug-likeness (QED) is 0.861. The van der Waals surface area contributed by atoms with Crippen molar-refractivity contribution in [2.75, 3.05) is 18.5 Å². The first-order valence-corrected chi connectivity index (χ1v) is 8.62. The summed E-state index contributed by atoms with van der Waals surface area (Å²) in [6.45, 7) is 2.96. The maximum absolute atomic E-state index is 12.7. The summed E-state index contributed by atoms with van der Waals surface area (Å²) in [6, 6.07) is 10.3. The number of anilines is 2. The van der Waals surface area contributed by atoms with Crippen LogP contribution in [0.1, 0.15) is 43.1 Å². The molecule has 1 amide bonds. The van der Waals surface area contributed by atoms with E-state index in [9.17, 15) is 4.79 Å². The molecule has 0 N–H and O–H groups in total. The Morgan fingerprint density at radius 3 is 2.67 bits per heavy atom. The van der Waals surface area contributed by atoms with Gasteiger partial charge in [-0.2, -0.15) is 0 Å². The van der Waals surface area contributed by atoms with Gasteiger partial charge in [-0.3, -0.25) is 4.79 Å². The van der Waals surface area contributed by atoms with Gasteiger partial charge in [0.1, 0.15) is 5.69 Å². The minimum atomic E-state index is 0.00274. The summed E-state index contributed by atoms with van der Waals surface area (Å²) in [6.07, 6.45) is 7.63. The number of likely N-dealkylation sites (tertiary alicyclic amines) is 1. The fourth-order valence-electron chi connectivity index (χ4n) is 3.23. The fourth-order valence-corrected chi connectivity index (χ4v) is 3.23. The first kappa shape index (κ1) is 16.4. The molecule has 1 aliphatic heterocycles. The molecule has 1 saturated heterocycles. The Hall–Kier alpha value is -2.43. The molecule has 126 valence electrons. The zero-order valence-corrected chi connectivity index (χ0v) is 14.4. The molecule has 1 aliphatic rings. The molecule has 1 aromatic heterocycles. The summed E-state index contributed by atoms with van der Waals surface area (Å²) in [5.41, 5.74) is 1.47. The van der Waals surface area contributed by atoms with Crippen molar-refractivity contribution >= 4 is 17.4 Å². The van der Waals surface area contributed by atoms with Crippen LogP contribution in [0.4, 0.5) is 11.5 Å². The lowest BCUT2D eigenvalue weighted by Gasteiger charge is -2.35. The highest BCUT2D eigenvalue weighted by Crippen LogP contribution is 2.23. The molecule has 5 nitrogen and oxygen atoms in total. The lowest BCUT2D eigenvalue weighted by Crippen LogP contribution is -2.43. The fraction of sp³-hybridized carbons (Fsp3) is 0.421. The topological polar surface area (TPSA) is 49.3 Å².